The minimum atomic E-state index is -0.729. The molecule has 1 aliphatic carbocycles. The lowest BCUT2D eigenvalue weighted by molar-refractivity contribution is -0.139. The molecule has 0 aromatic heterocycles. The molecule has 0 heterocycles. The number of thioether (sulfide) groups is 1. The molecule has 0 amide bonds. The fourth-order valence-corrected chi connectivity index (χ4v) is 2.86. The van der Waals surface area contributed by atoms with Gasteiger partial charge in [0.2, 0.25) is 0 Å². The zero-order valence-corrected chi connectivity index (χ0v) is 11.4. The van der Waals surface area contributed by atoms with Crippen molar-refractivity contribution in [3.63, 3.8) is 0 Å². The van der Waals surface area contributed by atoms with E-state index in [1.807, 2.05) is 12.1 Å². The van der Waals surface area contributed by atoms with E-state index in [1.54, 1.807) is 11.8 Å². The maximum absolute atomic E-state index is 11.1. The summed E-state index contributed by atoms with van der Waals surface area (Å²) in [5.41, 5.74) is 1.25. The molecule has 0 bridgehead atoms. The summed E-state index contributed by atoms with van der Waals surface area (Å²) < 4.78 is 0. The van der Waals surface area contributed by atoms with Crippen molar-refractivity contribution in [3.8, 4) is 0 Å². The number of rotatable bonds is 7. The number of aliphatic carboxylic acids is 1. The highest BCUT2D eigenvalue weighted by Crippen LogP contribution is 2.24. The minimum absolute atomic E-state index is 0.394. The Morgan fingerprint density at radius 3 is 2.83 bits per heavy atom. The van der Waals surface area contributed by atoms with Crippen molar-refractivity contribution >= 4 is 17.7 Å². The first-order valence-corrected chi connectivity index (χ1v) is 7.32. The molecule has 1 atom stereocenters. The minimum Gasteiger partial charge on any atom is -0.480 e. The summed E-state index contributed by atoms with van der Waals surface area (Å²) in [6, 6.07) is 8.26. The number of benzene rings is 1. The molecule has 1 aromatic carbocycles. The Bertz CT molecular complexity index is 418. The van der Waals surface area contributed by atoms with Crippen molar-refractivity contribution in [1.82, 2.24) is 5.32 Å². The van der Waals surface area contributed by atoms with Gasteiger partial charge in [0.15, 0.2) is 0 Å². The van der Waals surface area contributed by atoms with Gasteiger partial charge in [-0.3, -0.25) is 4.79 Å². The largest absolute Gasteiger partial charge is 0.480 e. The van der Waals surface area contributed by atoms with Crippen LogP contribution in [0, 0.1) is 6.92 Å². The lowest BCUT2D eigenvalue weighted by Gasteiger charge is -2.13. The van der Waals surface area contributed by atoms with Crippen LogP contribution >= 0.6 is 11.8 Å². The van der Waals surface area contributed by atoms with Crippen LogP contribution < -0.4 is 5.32 Å². The van der Waals surface area contributed by atoms with E-state index in [9.17, 15) is 4.79 Å². The Labute approximate surface area is 112 Å². The summed E-state index contributed by atoms with van der Waals surface area (Å²) in [5.74, 6) is 0.105. The topological polar surface area (TPSA) is 49.3 Å². The predicted octanol–water partition coefficient (Wildman–Crippen LogP) is 2.68. The third-order valence-electron chi connectivity index (χ3n) is 3.07. The molecule has 0 spiro atoms. The van der Waals surface area contributed by atoms with Gasteiger partial charge in [-0.15, -0.1) is 11.8 Å². The van der Waals surface area contributed by atoms with Crippen LogP contribution in [0.15, 0.2) is 29.2 Å². The van der Waals surface area contributed by atoms with E-state index in [4.69, 9.17) is 5.11 Å². The summed E-state index contributed by atoms with van der Waals surface area (Å²) in [7, 11) is 0. The highest BCUT2D eigenvalue weighted by atomic mass is 32.2. The zero-order chi connectivity index (χ0) is 13.0. The first-order chi connectivity index (χ1) is 8.66. The summed E-state index contributed by atoms with van der Waals surface area (Å²) in [4.78, 5) is 12.3. The first kappa shape index (κ1) is 13.4. The Hall–Kier alpha value is -1.00. The molecule has 3 nitrogen and oxygen atoms in total. The van der Waals surface area contributed by atoms with Crippen LogP contribution in [0.5, 0.6) is 0 Å². The molecule has 1 aromatic rings. The highest BCUT2D eigenvalue weighted by molar-refractivity contribution is 7.99. The average molecular weight is 265 g/mol. The van der Waals surface area contributed by atoms with Crippen LogP contribution in [0.25, 0.3) is 0 Å². The molecule has 0 radical (unpaired) electrons. The van der Waals surface area contributed by atoms with Gasteiger partial charge in [0, 0.05) is 16.7 Å². The molecular weight excluding hydrogens is 246 g/mol. The Balaban J connectivity index is 1.79. The summed E-state index contributed by atoms with van der Waals surface area (Å²) >= 11 is 1.74. The van der Waals surface area contributed by atoms with Crippen LogP contribution in [0.4, 0.5) is 0 Å². The second-order valence-electron chi connectivity index (χ2n) is 4.73. The maximum atomic E-state index is 11.1. The van der Waals surface area contributed by atoms with Gasteiger partial charge in [0.1, 0.15) is 6.04 Å². The molecule has 2 rings (SSSR count). The van der Waals surface area contributed by atoms with E-state index in [1.165, 1.54) is 10.5 Å². The van der Waals surface area contributed by atoms with E-state index in [0.717, 1.165) is 18.6 Å². The monoisotopic (exact) mass is 265 g/mol. The van der Waals surface area contributed by atoms with E-state index >= 15 is 0 Å². The Kier molecular flexibility index (Phi) is 4.66. The van der Waals surface area contributed by atoms with Crippen molar-refractivity contribution in [2.24, 2.45) is 0 Å². The lowest BCUT2D eigenvalue weighted by atomic mass is 10.2. The van der Waals surface area contributed by atoms with Crippen LogP contribution in [-0.4, -0.2) is 28.9 Å². The molecular formula is C14H19NO2S. The quantitative estimate of drug-likeness (QED) is 0.744. The molecule has 1 saturated carbocycles. The number of carbonyl (C=O) groups is 1. The third-order valence-corrected chi connectivity index (χ3v) is 4.28. The normalized spacial score (nSPS) is 16.5. The van der Waals surface area contributed by atoms with Crippen molar-refractivity contribution in [2.75, 3.05) is 5.75 Å². The van der Waals surface area contributed by atoms with Gasteiger partial charge in [-0.2, -0.15) is 0 Å². The number of nitrogens with one attached hydrogen (secondary N) is 1. The third kappa shape index (κ3) is 4.03. The average Bonchev–Trinajstić information content (AvgIpc) is 3.14. The molecule has 1 fully saturated rings. The zero-order valence-electron chi connectivity index (χ0n) is 10.6. The summed E-state index contributed by atoms with van der Waals surface area (Å²) in [6.07, 6.45) is 2.91. The number of carboxylic acid groups (broad SMARTS) is 1. The van der Waals surface area contributed by atoms with Gasteiger partial charge in [0.05, 0.1) is 0 Å². The van der Waals surface area contributed by atoms with Crippen molar-refractivity contribution in [3.05, 3.63) is 29.8 Å². The number of hydrogen-bond acceptors (Lipinski definition) is 3. The van der Waals surface area contributed by atoms with E-state index in [2.05, 4.69) is 24.4 Å². The van der Waals surface area contributed by atoms with Gasteiger partial charge in [0.25, 0.3) is 0 Å². The Morgan fingerprint density at radius 1 is 1.50 bits per heavy atom. The van der Waals surface area contributed by atoms with Crippen LogP contribution in [0.1, 0.15) is 24.8 Å². The van der Waals surface area contributed by atoms with Crippen molar-refractivity contribution in [2.45, 2.75) is 43.2 Å². The molecule has 2 N–H and O–H groups in total. The number of carboxylic acids is 1. The fraction of sp³-hybridized carbons (Fsp3) is 0.500. The van der Waals surface area contributed by atoms with Crippen molar-refractivity contribution in [1.29, 1.82) is 0 Å². The number of hydrogen-bond donors (Lipinski definition) is 2. The van der Waals surface area contributed by atoms with Crippen LogP contribution in [0.2, 0.25) is 0 Å². The second kappa shape index (κ2) is 6.25. The molecule has 18 heavy (non-hydrogen) atoms. The molecule has 98 valence electrons. The van der Waals surface area contributed by atoms with Gasteiger partial charge in [-0.25, -0.2) is 0 Å². The smallest absolute Gasteiger partial charge is 0.320 e. The first-order valence-electron chi connectivity index (χ1n) is 6.34. The van der Waals surface area contributed by atoms with Gasteiger partial charge >= 0.3 is 5.97 Å². The van der Waals surface area contributed by atoms with E-state index in [-0.39, 0.29) is 0 Å². The molecule has 1 aliphatic rings. The summed E-state index contributed by atoms with van der Waals surface area (Å²) in [6.45, 7) is 2.08. The molecule has 1 unspecified atom stereocenters. The van der Waals surface area contributed by atoms with E-state index in [0.29, 0.717) is 12.5 Å². The Morgan fingerprint density at radius 2 is 2.22 bits per heavy atom. The van der Waals surface area contributed by atoms with Gasteiger partial charge < -0.3 is 10.4 Å². The lowest BCUT2D eigenvalue weighted by Crippen LogP contribution is -2.38. The van der Waals surface area contributed by atoms with Crippen molar-refractivity contribution < 1.29 is 9.90 Å². The maximum Gasteiger partial charge on any atom is 0.320 e. The fourth-order valence-electron chi connectivity index (χ4n) is 1.82. The highest BCUT2D eigenvalue weighted by Gasteiger charge is 2.27. The summed E-state index contributed by atoms with van der Waals surface area (Å²) in [5, 5.41) is 12.3. The molecule has 0 saturated heterocycles. The number of aryl methyl sites for hydroxylation is 1. The SMILES string of the molecule is Cc1ccccc1SCCC(NC1CC1)C(=O)O. The van der Waals surface area contributed by atoms with Crippen LogP contribution in [0.3, 0.4) is 0 Å². The van der Waals surface area contributed by atoms with Gasteiger partial charge in [-0.05, 0) is 37.8 Å². The predicted molar refractivity (Wildman–Crippen MR) is 74.1 cm³/mol. The van der Waals surface area contributed by atoms with Gasteiger partial charge in [-0.1, -0.05) is 18.2 Å². The molecule has 0 aliphatic heterocycles. The van der Waals surface area contributed by atoms with Crippen LogP contribution in [-0.2, 0) is 4.79 Å². The molecule has 4 heteroatoms. The van der Waals surface area contributed by atoms with E-state index < -0.39 is 12.0 Å². The second-order valence-corrected chi connectivity index (χ2v) is 5.87. The standard InChI is InChI=1S/C14H19NO2S/c1-10-4-2-3-5-13(10)18-9-8-12(14(16)17)15-11-6-7-11/h2-5,11-12,15H,6-9H2,1H3,(H,16,17).